The summed E-state index contributed by atoms with van der Waals surface area (Å²) >= 11 is 6.20. The van der Waals surface area contributed by atoms with Crippen molar-refractivity contribution in [2.75, 3.05) is 13.2 Å². The molecule has 1 aliphatic rings. The van der Waals surface area contributed by atoms with Crippen molar-refractivity contribution in [2.45, 2.75) is 38.9 Å². The van der Waals surface area contributed by atoms with E-state index in [2.05, 4.69) is 4.98 Å². The van der Waals surface area contributed by atoms with Crippen LogP contribution in [0.2, 0.25) is 5.15 Å². The van der Waals surface area contributed by atoms with E-state index < -0.39 is 29.5 Å². The molecule has 162 valence electrons. The van der Waals surface area contributed by atoms with Crippen LogP contribution in [0.25, 0.3) is 0 Å². The summed E-state index contributed by atoms with van der Waals surface area (Å²) in [6.45, 7) is 2.61. The molecule has 11 heteroatoms. The van der Waals surface area contributed by atoms with Gasteiger partial charge in [0.05, 0.1) is 13.2 Å². The molecule has 0 fully saturated rings. The Hall–Kier alpha value is -2.59. The van der Waals surface area contributed by atoms with Gasteiger partial charge in [0.15, 0.2) is 17.3 Å². The second-order valence-electron chi connectivity index (χ2n) is 6.88. The molecule has 2 aromatic rings. The first-order valence-corrected chi connectivity index (χ1v) is 9.67. The van der Waals surface area contributed by atoms with Crippen molar-refractivity contribution in [3.63, 3.8) is 0 Å². The molecule has 3 rings (SSSR count). The van der Waals surface area contributed by atoms with Crippen molar-refractivity contribution in [3.05, 3.63) is 51.8 Å². The lowest BCUT2D eigenvalue weighted by molar-refractivity contribution is -0.133. The predicted octanol–water partition coefficient (Wildman–Crippen LogP) is 2.43. The summed E-state index contributed by atoms with van der Waals surface area (Å²) < 4.78 is 46.7. The van der Waals surface area contributed by atoms with E-state index in [0.717, 1.165) is 6.07 Å². The van der Waals surface area contributed by atoms with Crippen LogP contribution >= 0.6 is 11.6 Å². The molecule has 0 unspecified atom stereocenters. The minimum Gasteiger partial charge on any atom is -0.461 e. The maximum atomic E-state index is 13.8. The zero-order valence-electron chi connectivity index (χ0n) is 16.1. The maximum Gasteiger partial charge on any atom is 0.360 e. The van der Waals surface area contributed by atoms with Crippen LogP contribution in [0.1, 0.15) is 35.2 Å². The molecular formula is C19H20ClF3N4O3. The first-order chi connectivity index (χ1) is 14.2. The number of carbonyl (C=O) groups is 2. The number of ether oxygens (including phenoxy) is 1. The van der Waals surface area contributed by atoms with Gasteiger partial charge < -0.3 is 19.9 Å². The van der Waals surface area contributed by atoms with Gasteiger partial charge >= 0.3 is 5.97 Å². The maximum absolute atomic E-state index is 13.8. The van der Waals surface area contributed by atoms with Crippen LogP contribution in [0.3, 0.4) is 0 Å². The molecule has 0 radical (unpaired) electrons. The molecule has 30 heavy (non-hydrogen) atoms. The van der Waals surface area contributed by atoms with Gasteiger partial charge in [0, 0.05) is 31.6 Å². The fourth-order valence-electron chi connectivity index (χ4n) is 3.27. The number of imidazole rings is 1. The summed E-state index contributed by atoms with van der Waals surface area (Å²) in [5.74, 6) is -3.90. The van der Waals surface area contributed by atoms with Gasteiger partial charge in [-0.15, -0.1) is 0 Å². The average Bonchev–Trinajstić information content (AvgIpc) is 3.02. The number of hydrogen-bond acceptors (Lipinski definition) is 5. The topological polar surface area (TPSA) is 90.5 Å². The molecule has 2 heterocycles. The Morgan fingerprint density at radius 3 is 2.63 bits per heavy atom. The van der Waals surface area contributed by atoms with Crippen LogP contribution in [0.15, 0.2) is 12.1 Å². The van der Waals surface area contributed by atoms with Crippen molar-refractivity contribution in [2.24, 2.45) is 5.73 Å². The molecule has 0 spiro atoms. The number of rotatable bonds is 6. The fraction of sp³-hybridized carbons (Fsp3) is 0.421. The molecule has 0 aliphatic carbocycles. The molecule has 1 aliphatic heterocycles. The van der Waals surface area contributed by atoms with E-state index in [0.29, 0.717) is 25.0 Å². The van der Waals surface area contributed by atoms with Gasteiger partial charge in [-0.3, -0.25) is 4.79 Å². The lowest BCUT2D eigenvalue weighted by atomic mass is 10.0. The smallest absolute Gasteiger partial charge is 0.360 e. The van der Waals surface area contributed by atoms with E-state index in [-0.39, 0.29) is 48.3 Å². The largest absolute Gasteiger partial charge is 0.461 e. The van der Waals surface area contributed by atoms with Crippen molar-refractivity contribution in [1.29, 1.82) is 0 Å². The van der Waals surface area contributed by atoms with Crippen LogP contribution in [-0.4, -0.2) is 45.5 Å². The number of benzene rings is 1. The summed E-state index contributed by atoms with van der Waals surface area (Å²) in [6, 6.07) is 0.400. The summed E-state index contributed by atoms with van der Waals surface area (Å²) in [4.78, 5) is 30.2. The number of fused-ring (bicyclic) bond motifs is 1. The lowest BCUT2D eigenvalue weighted by Gasteiger charge is -2.29. The van der Waals surface area contributed by atoms with Gasteiger partial charge in [-0.05, 0) is 25.0 Å². The minimum atomic E-state index is -1.29. The van der Waals surface area contributed by atoms with Crippen LogP contribution < -0.4 is 5.73 Å². The standard InChI is InChI=1S/C19H20ClF3N4O3/c1-2-30-19(29)17-18(20)27-4-3-26(9-15(27)25-17)16(28)7-11(24)5-10-6-13(22)14(23)8-12(10)21/h6,8,11H,2-5,7,9,24H2,1H3/t11-/m1/s1. The fourth-order valence-corrected chi connectivity index (χ4v) is 3.57. The normalized spacial score (nSPS) is 14.4. The van der Waals surface area contributed by atoms with E-state index in [1.54, 1.807) is 11.5 Å². The highest BCUT2D eigenvalue weighted by Crippen LogP contribution is 2.24. The molecule has 1 amide bonds. The SMILES string of the molecule is CCOC(=O)c1nc2n(c1Cl)CCN(C(=O)C[C@H](N)Cc1cc(F)c(F)cc1F)C2. The molecule has 0 bridgehead atoms. The van der Waals surface area contributed by atoms with Crippen molar-refractivity contribution >= 4 is 23.5 Å². The summed E-state index contributed by atoms with van der Waals surface area (Å²) in [7, 11) is 0. The third-order valence-electron chi connectivity index (χ3n) is 4.74. The predicted molar refractivity (Wildman–Crippen MR) is 101 cm³/mol. The van der Waals surface area contributed by atoms with Gasteiger partial charge in [-0.25, -0.2) is 22.9 Å². The number of carbonyl (C=O) groups excluding carboxylic acids is 2. The number of hydrogen-bond donors (Lipinski definition) is 1. The van der Waals surface area contributed by atoms with Crippen LogP contribution in [0, 0.1) is 17.5 Å². The van der Waals surface area contributed by atoms with Crippen LogP contribution in [0.5, 0.6) is 0 Å². The number of nitrogens with zero attached hydrogens (tertiary/aromatic N) is 3. The minimum absolute atomic E-state index is 0.00618. The number of amides is 1. The molecule has 0 saturated carbocycles. The zero-order valence-corrected chi connectivity index (χ0v) is 16.9. The van der Waals surface area contributed by atoms with Gasteiger partial charge in [0.2, 0.25) is 5.91 Å². The van der Waals surface area contributed by atoms with Gasteiger partial charge in [-0.1, -0.05) is 11.6 Å². The second-order valence-corrected chi connectivity index (χ2v) is 7.24. The zero-order chi connectivity index (χ0) is 22.0. The highest BCUT2D eigenvalue weighted by molar-refractivity contribution is 6.32. The summed E-state index contributed by atoms with van der Waals surface area (Å²) in [6.07, 6.45) is -0.256. The molecule has 2 N–H and O–H groups in total. The third kappa shape index (κ3) is 4.59. The van der Waals surface area contributed by atoms with E-state index in [9.17, 15) is 22.8 Å². The summed E-state index contributed by atoms with van der Waals surface area (Å²) in [5.41, 5.74) is 5.82. The lowest BCUT2D eigenvalue weighted by Crippen LogP contribution is -2.41. The van der Waals surface area contributed by atoms with E-state index in [1.165, 1.54) is 4.90 Å². The first-order valence-electron chi connectivity index (χ1n) is 9.30. The third-order valence-corrected chi connectivity index (χ3v) is 5.12. The Bertz CT molecular complexity index is 982. The van der Waals surface area contributed by atoms with Gasteiger partial charge in [0.25, 0.3) is 0 Å². The van der Waals surface area contributed by atoms with Crippen LogP contribution in [-0.2, 0) is 29.0 Å². The Morgan fingerprint density at radius 2 is 1.93 bits per heavy atom. The van der Waals surface area contributed by atoms with Gasteiger partial charge in [-0.2, -0.15) is 0 Å². The van der Waals surface area contributed by atoms with Crippen molar-refractivity contribution in [1.82, 2.24) is 14.5 Å². The Morgan fingerprint density at radius 1 is 1.23 bits per heavy atom. The average molecular weight is 445 g/mol. The molecule has 0 saturated heterocycles. The van der Waals surface area contributed by atoms with E-state index in [4.69, 9.17) is 22.1 Å². The first kappa shape index (κ1) is 22.1. The Labute approximate surface area is 175 Å². The monoisotopic (exact) mass is 444 g/mol. The second kappa shape index (κ2) is 9.05. The number of halogens is 4. The van der Waals surface area contributed by atoms with Gasteiger partial charge in [0.1, 0.15) is 16.8 Å². The highest BCUT2D eigenvalue weighted by Gasteiger charge is 2.29. The molecular weight excluding hydrogens is 425 g/mol. The van der Waals surface area contributed by atoms with E-state index >= 15 is 0 Å². The molecule has 1 aromatic heterocycles. The van der Waals surface area contributed by atoms with Crippen molar-refractivity contribution < 1.29 is 27.5 Å². The number of aromatic nitrogens is 2. The Kier molecular flexibility index (Phi) is 6.67. The molecule has 1 aromatic carbocycles. The summed E-state index contributed by atoms with van der Waals surface area (Å²) in [5, 5.41) is 0.154. The number of esters is 1. The van der Waals surface area contributed by atoms with Crippen molar-refractivity contribution in [3.8, 4) is 0 Å². The number of nitrogens with two attached hydrogens (primary N) is 1. The van der Waals surface area contributed by atoms with E-state index in [1.807, 2.05) is 0 Å². The quantitative estimate of drug-likeness (QED) is 0.546. The molecule has 7 nitrogen and oxygen atoms in total. The molecule has 1 atom stereocenters. The highest BCUT2D eigenvalue weighted by atomic mass is 35.5. The Balaban J connectivity index is 1.64. The van der Waals surface area contributed by atoms with Crippen LogP contribution in [0.4, 0.5) is 13.2 Å².